The third-order valence-electron chi connectivity index (χ3n) is 2.51. The third-order valence-corrected chi connectivity index (χ3v) is 5.18. The van der Waals surface area contributed by atoms with Crippen molar-refractivity contribution < 1.29 is 13.6 Å². The van der Waals surface area contributed by atoms with Gasteiger partial charge in [-0.15, -0.1) is 0 Å². The van der Waals surface area contributed by atoms with E-state index in [0.29, 0.717) is 6.61 Å². The predicted molar refractivity (Wildman–Crippen MR) is 69.6 cm³/mol. The lowest BCUT2D eigenvalue weighted by Crippen LogP contribution is -2.39. The van der Waals surface area contributed by atoms with Crippen LogP contribution in [0.5, 0.6) is 0 Å². The molecule has 17 heavy (non-hydrogen) atoms. The van der Waals surface area contributed by atoms with Crippen molar-refractivity contribution in [1.29, 1.82) is 0 Å². The molecule has 0 saturated carbocycles. The summed E-state index contributed by atoms with van der Waals surface area (Å²) in [7, 11) is -2.41. The number of rotatable bonds is 6. The quantitative estimate of drug-likeness (QED) is 0.575. The molecule has 0 aliphatic carbocycles. The SMILES string of the molecule is C=CC(=O)O[Si](C)(CC)OCc1ccccc1. The Morgan fingerprint density at radius 2 is 2.06 bits per heavy atom. The minimum atomic E-state index is -2.41. The summed E-state index contributed by atoms with van der Waals surface area (Å²) in [6.45, 7) is 7.72. The average molecular weight is 250 g/mol. The van der Waals surface area contributed by atoms with Crippen LogP contribution in [-0.4, -0.2) is 14.5 Å². The summed E-state index contributed by atoms with van der Waals surface area (Å²) in [4.78, 5) is 11.2. The Balaban J connectivity index is 2.57. The van der Waals surface area contributed by atoms with Gasteiger partial charge in [-0.2, -0.15) is 0 Å². The molecular formula is C13H18O3Si. The average Bonchev–Trinajstić information content (AvgIpc) is 2.37. The fraction of sp³-hybridized carbons (Fsp3) is 0.308. The molecule has 1 atom stereocenters. The summed E-state index contributed by atoms with van der Waals surface area (Å²) in [5.74, 6) is -0.408. The van der Waals surface area contributed by atoms with Crippen LogP contribution in [0.1, 0.15) is 12.5 Å². The van der Waals surface area contributed by atoms with E-state index in [1.807, 2.05) is 43.8 Å². The largest absolute Gasteiger partial charge is 0.491 e. The summed E-state index contributed by atoms with van der Waals surface area (Å²) in [6.07, 6.45) is 1.17. The zero-order valence-electron chi connectivity index (χ0n) is 10.3. The maximum absolute atomic E-state index is 11.2. The molecule has 0 saturated heterocycles. The van der Waals surface area contributed by atoms with E-state index in [1.165, 1.54) is 6.08 Å². The van der Waals surface area contributed by atoms with Gasteiger partial charge in [0.25, 0.3) is 0 Å². The second-order valence-electron chi connectivity index (χ2n) is 3.89. The summed E-state index contributed by atoms with van der Waals surface area (Å²) in [5, 5.41) is 0. The van der Waals surface area contributed by atoms with Gasteiger partial charge in [0.15, 0.2) is 0 Å². The van der Waals surface area contributed by atoms with Crippen molar-refractivity contribution in [3.63, 3.8) is 0 Å². The first-order chi connectivity index (χ1) is 8.09. The van der Waals surface area contributed by atoms with Gasteiger partial charge >= 0.3 is 14.5 Å². The molecule has 4 heteroatoms. The predicted octanol–water partition coefficient (Wildman–Crippen LogP) is 3.02. The van der Waals surface area contributed by atoms with E-state index in [2.05, 4.69) is 6.58 Å². The minimum Gasteiger partial charge on any atom is -0.491 e. The summed E-state index contributed by atoms with van der Waals surface area (Å²) in [6, 6.07) is 10.6. The van der Waals surface area contributed by atoms with Gasteiger partial charge in [-0.25, -0.2) is 4.79 Å². The Morgan fingerprint density at radius 1 is 1.41 bits per heavy atom. The van der Waals surface area contributed by atoms with Crippen molar-refractivity contribution >= 4 is 14.5 Å². The number of carbonyl (C=O) groups excluding carboxylic acids is 1. The molecule has 0 aliphatic rings. The molecule has 0 bridgehead atoms. The Hall–Kier alpha value is -1.39. The maximum Gasteiger partial charge on any atom is 0.398 e. The number of hydrogen-bond acceptors (Lipinski definition) is 3. The standard InChI is InChI=1S/C13H18O3Si/c1-4-13(14)16-17(3,5-2)15-11-12-9-7-6-8-10-12/h4,6-10H,1,5,11H2,2-3H3. The molecule has 0 heterocycles. The molecule has 3 nitrogen and oxygen atoms in total. The smallest absolute Gasteiger partial charge is 0.398 e. The molecule has 1 aromatic carbocycles. The molecular weight excluding hydrogens is 232 g/mol. The van der Waals surface area contributed by atoms with E-state index in [4.69, 9.17) is 8.85 Å². The fourth-order valence-electron chi connectivity index (χ4n) is 1.27. The molecule has 0 radical (unpaired) electrons. The van der Waals surface area contributed by atoms with Gasteiger partial charge in [-0.1, -0.05) is 43.8 Å². The molecule has 0 N–H and O–H groups in total. The Kier molecular flexibility index (Phi) is 5.12. The molecule has 1 aromatic rings. The van der Waals surface area contributed by atoms with Gasteiger partial charge in [0.05, 0.1) is 6.61 Å². The highest BCUT2D eigenvalue weighted by atomic mass is 28.4. The van der Waals surface area contributed by atoms with Crippen LogP contribution < -0.4 is 0 Å². The highest BCUT2D eigenvalue weighted by Gasteiger charge is 2.32. The van der Waals surface area contributed by atoms with Crippen LogP contribution in [0.2, 0.25) is 12.6 Å². The molecule has 1 rings (SSSR count). The summed E-state index contributed by atoms with van der Waals surface area (Å²) >= 11 is 0. The number of hydrogen-bond donors (Lipinski definition) is 0. The minimum absolute atomic E-state index is 0.408. The normalized spacial score (nSPS) is 13.8. The second kappa shape index (κ2) is 6.37. The monoisotopic (exact) mass is 250 g/mol. The van der Waals surface area contributed by atoms with E-state index in [9.17, 15) is 4.79 Å². The van der Waals surface area contributed by atoms with Gasteiger partial charge in [0, 0.05) is 6.08 Å². The maximum atomic E-state index is 11.2. The van der Waals surface area contributed by atoms with Crippen molar-refractivity contribution in [2.75, 3.05) is 0 Å². The van der Waals surface area contributed by atoms with Crippen LogP contribution in [-0.2, 0) is 20.3 Å². The highest BCUT2D eigenvalue weighted by Crippen LogP contribution is 2.16. The van der Waals surface area contributed by atoms with Crippen molar-refractivity contribution in [1.82, 2.24) is 0 Å². The number of carbonyl (C=O) groups is 1. The molecule has 0 aliphatic heterocycles. The van der Waals surface area contributed by atoms with Gasteiger partial charge in [-0.3, -0.25) is 0 Å². The van der Waals surface area contributed by atoms with Crippen molar-refractivity contribution in [2.45, 2.75) is 26.1 Å². The van der Waals surface area contributed by atoms with E-state index < -0.39 is 14.5 Å². The van der Waals surface area contributed by atoms with Crippen LogP contribution in [0.15, 0.2) is 43.0 Å². The highest BCUT2D eigenvalue weighted by molar-refractivity contribution is 6.67. The van der Waals surface area contributed by atoms with Gasteiger partial charge in [0.2, 0.25) is 0 Å². The van der Waals surface area contributed by atoms with E-state index in [0.717, 1.165) is 11.6 Å². The van der Waals surface area contributed by atoms with Crippen LogP contribution >= 0.6 is 0 Å². The Labute approximate surface area is 103 Å². The lowest BCUT2D eigenvalue weighted by Gasteiger charge is -2.24. The van der Waals surface area contributed by atoms with E-state index in [-0.39, 0.29) is 0 Å². The number of benzene rings is 1. The first-order valence-corrected chi connectivity index (χ1v) is 8.15. The summed E-state index contributed by atoms with van der Waals surface area (Å²) in [5.41, 5.74) is 1.08. The topological polar surface area (TPSA) is 35.5 Å². The first-order valence-electron chi connectivity index (χ1n) is 5.63. The van der Waals surface area contributed by atoms with Crippen molar-refractivity contribution in [3.8, 4) is 0 Å². The molecule has 1 unspecified atom stereocenters. The van der Waals surface area contributed by atoms with Gasteiger partial charge in [-0.05, 0) is 18.2 Å². The zero-order valence-corrected chi connectivity index (χ0v) is 11.3. The first kappa shape index (κ1) is 13.7. The lowest BCUT2D eigenvalue weighted by molar-refractivity contribution is -0.131. The molecule has 92 valence electrons. The van der Waals surface area contributed by atoms with Gasteiger partial charge < -0.3 is 8.85 Å². The zero-order chi connectivity index (χ0) is 12.7. The molecule has 0 fully saturated rings. The second-order valence-corrected chi connectivity index (χ2v) is 7.35. The van der Waals surface area contributed by atoms with E-state index >= 15 is 0 Å². The molecule has 0 amide bonds. The van der Waals surface area contributed by atoms with Crippen LogP contribution in [0.25, 0.3) is 0 Å². The van der Waals surface area contributed by atoms with Crippen LogP contribution in [0, 0.1) is 0 Å². The van der Waals surface area contributed by atoms with Crippen molar-refractivity contribution in [3.05, 3.63) is 48.6 Å². The van der Waals surface area contributed by atoms with Gasteiger partial charge in [0.1, 0.15) is 0 Å². The van der Waals surface area contributed by atoms with E-state index in [1.54, 1.807) is 0 Å². The van der Waals surface area contributed by atoms with Crippen molar-refractivity contribution in [2.24, 2.45) is 0 Å². The lowest BCUT2D eigenvalue weighted by atomic mass is 10.2. The Morgan fingerprint density at radius 3 is 2.59 bits per heavy atom. The summed E-state index contributed by atoms with van der Waals surface area (Å²) < 4.78 is 11.1. The fourth-order valence-corrected chi connectivity index (χ4v) is 2.66. The van der Waals surface area contributed by atoms with Crippen LogP contribution in [0.3, 0.4) is 0 Å². The third kappa shape index (κ3) is 4.54. The Bertz CT molecular complexity index is 378. The molecule has 0 aromatic heterocycles. The molecule has 0 spiro atoms. The van der Waals surface area contributed by atoms with Crippen LogP contribution in [0.4, 0.5) is 0 Å².